The maximum Gasteiger partial charge on any atom is 0.303 e. The molecule has 2 aliphatic rings. The highest BCUT2D eigenvalue weighted by molar-refractivity contribution is 6.74. The summed E-state index contributed by atoms with van der Waals surface area (Å²) in [6.07, 6.45) is -13.6. The minimum absolute atomic E-state index is 0.149. The summed E-state index contributed by atoms with van der Waals surface area (Å²) in [5.41, 5.74) is 9.68. The molecule has 0 amide bonds. The number of nitrogens with zero attached hydrogens (tertiary/aromatic N) is 3. The normalized spacial score (nSPS) is 29.2. The van der Waals surface area contributed by atoms with Crippen molar-refractivity contribution in [3.05, 3.63) is 10.4 Å². The summed E-state index contributed by atoms with van der Waals surface area (Å²) in [7, 11) is -2.77. The molecular formula is C32H51N3O16Si. The molecule has 0 spiro atoms. The Morgan fingerprint density at radius 2 is 1.10 bits per heavy atom. The lowest BCUT2D eigenvalue weighted by molar-refractivity contribution is -0.345. The third-order valence-electron chi connectivity index (χ3n) is 9.20. The molecule has 0 aromatic carbocycles. The van der Waals surface area contributed by atoms with Crippen LogP contribution in [0, 0.1) is 5.92 Å². The molecule has 19 nitrogen and oxygen atoms in total. The summed E-state index contributed by atoms with van der Waals surface area (Å²) >= 11 is 0. The van der Waals surface area contributed by atoms with Gasteiger partial charge in [-0.3, -0.25) is 28.8 Å². The first-order valence-electron chi connectivity index (χ1n) is 16.7. The molecule has 2 heterocycles. The Morgan fingerprint density at radius 3 is 1.54 bits per heavy atom. The Bertz CT molecular complexity index is 1370. The monoisotopic (exact) mass is 761 g/mol. The van der Waals surface area contributed by atoms with Crippen LogP contribution < -0.4 is 0 Å². The summed E-state index contributed by atoms with van der Waals surface area (Å²) in [4.78, 5) is 76.4. The molecule has 0 bridgehead atoms. The van der Waals surface area contributed by atoms with Gasteiger partial charge >= 0.3 is 35.8 Å². The molecule has 0 radical (unpaired) electrons. The SMILES string of the molecule is CC(=O)OC[C@H]1O[C@@H](O[C@H]2[C@H](OC(C)=O)[C@@H](N=[N+]=[N-])[C@H](O[Si](C)(C)C(C)(C)C(C)C)O[C@@H]2COC(C)=O)[C@H](OC(C)=O)[C@@H](OC(C)=O)[C@H]1OC(C)=O. The van der Waals surface area contributed by atoms with E-state index in [4.69, 9.17) is 47.1 Å². The number of carbonyl (C=O) groups is 6. The van der Waals surface area contributed by atoms with Crippen LogP contribution in [-0.2, 0) is 75.8 Å². The van der Waals surface area contributed by atoms with E-state index in [1.165, 1.54) is 0 Å². The number of rotatable bonds is 15. The lowest BCUT2D eigenvalue weighted by Gasteiger charge is -2.51. The summed E-state index contributed by atoms with van der Waals surface area (Å²) in [6, 6.07) is -1.40. The van der Waals surface area contributed by atoms with Crippen LogP contribution in [0.25, 0.3) is 10.4 Å². The first-order valence-corrected chi connectivity index (χ1v) is 19.6. The fraction of sp³-hybridized carbons (Fsp3) is 0.812. The van der Waals surface area contributed by atoms with E-state index in [1.807, 2.05) is 40.8 Å². The van der Waals surface area contributed by atoms with Crippen LogP contribution in [0.4, 0.5) is 0 Å². The largest absolute Gasteiger partial charge is 0.463 e. The predicted octanol–water partition coefficient (Wildman–Crippen LogP) is 3.01. The highest BCUT2D eigenvalue weighted by Gasteiger charge is 2.58. The van der Waals surface area contributed by atoms with Gasteiger partial charge in [-0.25, -0.2) is 0 Å². The zero-order chi connectivity index (χ0) is 39.7. The van der Waals surface area contributed by atoms with E-state index in [1.54, 1.807) is 0 Å². The maximum atomic E-state index is 12.6. The van der Waals surface area contributed by atoms with Gasteiger partial charge in [0.2, 0.25) is 0 Å². The number of ether oxygens (including phenoxy) is 9. The fourth-order valence-corrected chi connectivity index (χ4v) is 8.06. The fourth-order valence-electron chi connectivity index (χ4n) is 5.59. The smallest absolute Gasteiger partial charge is 0.303 e. The van der Waals surface area contributed by atoms with Crippen molar-refractivity contribution in [1.29, 1.82) is 0 Å². The van der Waals surface area contributed by atoms with Crippen molar-refractivity contribution < 1.29 is 75.8 Å². The number of hydrogen-bond acceptors (Lipinski definition) is 17. The van der Waals surface area contributed by atoms with Crippen LogP contribution in [-0.4, -0.2) is 119 Å². The van der Waals surface area contributed by atoms with Gasteiger partial charge in [-0.05, 0) is 29.6 Å². The van der Waals surface area contributed by atoms with Gasteiger partial charge in [-0.2, -0.15) is 0 Å². The molecule has 0 aromatic heterocycles. The summed E-state index contributed by atoms with van der Waals surface area (Å²) in [5.74, 6) is -4.73. The molecule has 0 N–H and O–H groups in total. The van der Waals surface area contributed by atoms with E-state index >= 15 is 0 Å². The topological polar surface area (TPSA) is 243 Å². The van der Waals surface area contributed by atoms with Gasteiger partial charge in [0.25, 0.3) is 0 Å². The van der Waals surface area contributed by atoms with Crippen molar-refractivity contribution in [3.63, 3.8) is 0 Å². The standard InChI is InChI=1S/C32H51N3O16Si/c1-15(2)32(9,10)52(11,12)51-30-24(34-35-33)27(45-19(6)39)25(22(48-30)13-42-16(3)36)50-31-29(47-21(8)41)28(46-20(7)40)26(44-18(5)38)23(49-31)14-43-17(4)37/h15,22-31H,13-14H2,1-12H3/t22-,23-,24-,25-,26+,27-,28+,29-,30+,31+/m1/s1. The second-order valence-corrected chi connectivity index (χ2v) is 18.3. The lowest BCUT2D eigenvalue weighted by Crippen LogP contribution is -2.67. The molecule has 294 valence electrons. The molecule has 0 saturated carbocycles. The van der Waals surface area contributed by atoms with Crippen molar-refractivity contribution in [3.8, 4) is 0 Å². The van der Waals surface area contributed by atoms with Gasteiger partial charge in [-0.15, -0.1) is 0 Å². The van der Waals surface area contributed by atoms with Crippen molar-refractivity contribution in [2.45, 2.75) is 149 Å². The van der Waals surface area contributed by atoms with E-state index in [0.29, 0.717) is 0 Å². The van der Waals surface area contributed by atoms with E-state index < -0.39 is 119 Å². The van der Waals surface area contributed by atoms with E-state index in [9.17, 15) is 34.3 Å². The van der Waals surface area contributed by atoms with Gasteiger partial charge in [0.15, 0.2) is 39.2 Å². The van der Waals surface area contributed by atoms with Gasteiger partial charge in [0, 0.05) is 46.5 Å². The van der Waals surface area contributed by atoms with Crippen LogP contribution in [0.5, 0.6) is 0 Å². The highest BCUT2D eigenvalue weighted by atomic mass is 28.4. The van der Waals surface area contributed by atoms with Gasteiger partial charge in [0.05, 0.1) is 0 Å². The number of carbonyl (C=O) groups excluding carboxylic acids is 6. The van der Waals surface area contributed by atoms with Crippen molar-refractivity contribution in [2.24, 2.45) is 11.0 Å². The highest BCUT2D eigenvalue weighted by Crippen LogP contribution is 2.46. The van der Waals surface area contributed by atoms with E-state index in [0.717, 1.165) is 41.5 Å². The van der Waals surface area contributed by atoms with Gasteiger partial charge in [0.1, 0.15) is 43.7 Å². The van der Waals surface area contributed by atoms with Crippen molar-refractivity contribution in [1.82, 2.24) is 0 Å². The van der Waals surface area contributed by atoms with Gasteiger partial charge in [-0.1, -0.05) is 32.8 Å². The zero-order valence-electron chi connectivity index (χ0n) is 31.6. The molecule has 0 unspecified atom stereocenters. The Kier molecular flexibility index (Phi) is 16.0. The maximum absolute atomic E-state index is 12.6. The average molecular weight is 762 g/mol. The molecule has 2 fully saturated rings. The molecule has 2 saturated heterocycles. The van der Waals surface area contributed by atoms with Crippen LogP contribution in [0.1, 0.15) is 69.2 Å². The Hall–Kier alpha value is -3.81. The number of azide groups is 1. The van der Waals surface area contributed by atoms with Crippen molar-refractivity contribution in [2.75, 3.05) is 13.2 Å². The van der Waals surface area contributed by atoms with E-state index in [-0.39, 0.29) is 11.0 Å². The summed E-state index contributed by atoms with van der Waals surface area (Å²) < 4.78 is 58.0. The third-order valence-corrected chi connectivity index (χ3v) is 13.7. The minimum atomic E-state index is -2.77. The van der Waals surface area contributed by atoms with Crippen LogP contribution >= 0.6 is 0 Å². The van der Waals surface area contributed by atoms with Crippen LogP contribution in [0.15, 0.2) is 5.11 Å². The van der Waals surface area contributed by atoms with Crippen LogP contribution in [0.3, 0.4) is 0 Å². The van der Waals surface area contributed by atoms with Crippen molar-refractivity contribution >= 4 is 44.1 Å². The average Bonchev–Trinajstić information content (AvgIpc) is 2.99. The Balaban J connectivity index is 2.79. The minimum Gasteiger partial charge on any atom is -0.463 e. The molecule has 52 heavy (non-hydrogen) atoms. The molecule has 10 atom stereocenters. The second-order valence-electron chi connectivity index (χ2n) is 13.8. The molecule has 2 rings (SSSR count). The molecule has 0 aromatic rings. The number of esters is 6. The zero-order valence-corrected chi connectivity index (χ0v) is 32.6. The Labute approximate surface area is 303 Å². The summed E-state index contributed by atoms with van der Waals surface area (Å²) in [6.45, 7) is 17.5. The molecule has 0 aliphatic carbocycles. The number of hydrogen-bond donors (Lipinski definition) is 0. The predicted molar refractivity (Wildman–Crippen MR) is 178 cm³/mol. The Morgan fingerprint density at radius 1 is 0.673 bits per heavy atom. The first kappa shape index (κ1) is 44.3. The quantitative estimate of drug-likeness (QED) is 0.0581. The van der Waals surface area contributed by atoms with E-state index in [2.05, 4.69) is 10.0 Å². The first-order chi connectivity index (χ1) is 24.0. The third kappa shape index (κ3) is 11.9. The van der Waals surface area contributed by atoms with Crippen LogP contribution in [0.2, 0.25) is 18.1 Å². The molecule has 20 heteroatoms. The second kappa shape index (κ2) is 18.8. The van der Waals surface area contributed by atoms with Gasteiger partial charge < -0.3 is 47.1 Å². The molecular weight excluding hydrogens is 710 g/mol. The molecule has 2 aliphatic heterocycles. The lowest BCUT2D eigenvalue weighted by atomic mass is 9.95. The summed E-state index contributed by atoms with van der Waals surface area (Å²) in [5, 5.41) is 3.53.